The number of hydrogen-bond donors (Lipinski definition) is 1. The molecule has 34 heavy (non-hydrogen) atoms. The number of nitrogens with one attached hydrogen (secondary N) is 1. The van der Waals surface area contributed by atoms with Crippen LogP contribution in [-0.2, 0) is 6.18 Å². The van der Waals surface area contributed by atoms with Crippen LogP contribution in [0.4, 0.5) is 24.5 Å². The highest BCUT2D eigenvalue weighted by molar-refractivity contribution is 7.10. The number of hydrogen-bond acceptors (Lipinski definition) is 5. The Morgan fingerprint density at radius 2 is 1.94 bits per heavy atom. The molecule has 0 bridgehead atoms. The zero-order valence-corrected chi connectivity index (χ0v) is 20.1. The van der Waals surface area contributed by atoms with Crippen LogP contribution in [0.25, 0.3) is 0 Å². The van der Waals surface area contributed by atoms with Crippen molar-refractivity contribution in [3.05, 3.63) is 52.5 Å². The molecule has 9 heteroatoms. The number of rotatable bonds is 8. The average molecular weight is 493 g/mol. The van der Waals surface area contributed by atoms with Gasteiger partial charge in [0.1, 0.15) is 5.69 Å². The second-order valence-electron chi connectivity index (χ2n) is 9.00. The van der Waals surface area contributed by atoms with Gasteiger partial charge in [0.25, 0.3) is 5.91 Å². The number of likely N-dealkylation sites (tertiary alicyclic amines) is 1. The van der Waals surface area contributed by atoms with E-state index in [9.17, 15) is 18.0 Å². The molecule has 1 aromatic heterocycles. The first kappa shape index (κ1) is 24.7. The minimum atomic E-state index is -4.47. The third-order valence-corrected chi connectivity index (χ3v) is 7.60. The maximum absolute atomic E-state index is 13.3. The van der Waals surface area contributed by atoms with Crippen LogP contribution >= 0.6 is 11.3 Å². The number of amides is 1. The number of benzene rings is 1. The van der Waals surface area contributed by atoms with Gasteiger partial charge in [0, 0.05) is 24.4 Å². The summed E-state index contributed by atoms with van der Waals surface area (Å²) in [4.78, 5) is 22.0. The Labute approximate surface area is 202 Å². The van der Waals surface area contributed by atoms with E-state index in [1.54, 1.807) is 5.38 Å². The Balaban J connectivity index is 1.43. The topological polar surface area (TPSA) is 48.5 Å². The lowest BCUT2D eigenvalue weighted by Crippen LogP contribution is -2.33. The van der Waals surface area contributed by atoms with Gasteiger partial charge in [-0.3, -0.25) is 4.79 Å². The Kier molecular flexibility index (Phi) is 7.93. The number of allylic oxidation sites excluding steroid dienone is 1. The maximum Gasteiger partial charge on any atom is 0.416 e. The standard InChI is InChI=1S/C25H31F3N4OS/c1-2-3-4-11-31-14-9-18(10-15-31)24-30-21(17-34-24)23(33)29-20-16-19(25(26,27)28)7-8-22(20)32-12-5-6-13-32/h2,7-8,16-18H,1,3-6,9-15H2,(H,29,33). The Bertz CT molecular complexity index is 992. The molecule has 0 unspecified atom stereocenters. The normalized spacial score (nSPS) is 17.8. The summed E-state index contributed by atoms with van der Waals surface area (Å²) in [5, 5.41) is 5.36. The third-order valence-electron chi connectivity index (χ3n) is 6.59. The van der Waals surface area contributed by atoms with E-state index in [1.807, 2.05) is 11.0 Å². The van der Waals surface area contributed by atoms with Crippen molar-refractivity contribution in [2.24, 2.45) is 0 Å². The molecule has 0 radical (unpaired) electrons. The fourth-order valence-corrected chi connectivity index (χ4v) is 5.65. The Hall–Kier alpha value is -2.39. The molecule has 5 nitrogen and oxygen atoms in total. The molecule has 2 aliphatic rings. The molecule has 0 aliphatic carbocycles. The van der Waals surface area contributed by atoms with E-state index in [2.05, 4.69) is 21.8 Å². The zero-order chi connectivity index (χ0) is 24.1. The highest BCUT2D eigenvalue weighted by Gasteiger charge is 2.32. The van der Waals surface area contributed by atoms with E-state index in [0.717, 1.165) is 88.4 Å². The van der Waals surface area contributed by atoms with Gasteiger partial charge in [0.2, 0.25) is 0 Å². The number of carbonyl (C=O) groups is 1. The molecule has 184 valence electrons. The molecular weight excluding hydrogens is 461 g/mol. The summed E-state index contributed by atoms with van der Waals surface area (Å²) >= 11 is 1.46. The number of unbranched alkanes of at least 4 members (excludes halogenated alkanes) is 1. The number of halogens is 3. The molecule has 2 aliphatic heterocycles. The number of thiazole rings is 1. The third kappa shape index (κ3) is 5.99. The fourth-order valence-electron chi connectivity index (χ4n) is 4.67. The van der Waals surface area contributed by atoms with Crippen LogP contribution in [-0.4, -0.2) is 48.5 Å². The predicted octanol–water partition coefficient (Wildman–Crippen LogP) is 6.16. The first-order chi connectivity index (χ1) is 16.3. The molecule has 0 spiro atoms. The maximum atomic E-state index is 13.3. The van der Waals surface area contributed by atoms with Crippen molar-refractivity contribution in [1.29, 1.82) is 0 Å². The SMILES string of the molecule is C=CCCCN1CCC(c2nc(C(=O)Nc3cc(C(F)(F)F)ccc3N3CCCC3)cs2)CC1. The second kappa shape index (κ2) is 10.9. The number of anilines is 2. The van der Waals surface area contributed by atoms with Crippen molar-refractivity contribution in [1.82, 2.24) is 9.88 Å². The molecule has 2 fully saturated rings. The van der Waals surface area contributed by atoms with Gasteiger partial charge in [0.05, 0.1) is 21.9 Å². The van der Waals surface area contributed by atoms with Crippen LogP contribution in [0.5, 0.6) is 0 Å². The van der Waals surface area contributed by atoms with Gasteiger partial charge >= 0.3 is 6.18 Å². The van der Waals surface area contributed by atoms with E-state index in [4.69, 9.17) is 0 Å². The van der Waals surface area contributed by atoms with Gasteiger partial charge in [-0.05, 0) is 76.4 Å². The van der Waals surface area contributed by atoms with Crippen LogP contribution in [0.2, 0.25) is 0 Å². The smallest absolute Gasteiger partial charge is 0.370 e. The molecule has 2 aromatic rings. The summed E-state index contributed by atoms with van der Waals surface area (Å²) in [5.41, 5.74) is 0.296. The van der Waals surface area contributed by atoms with Crippen LogP contribution < -0.4 is 10.2 Å². The van der Waals surface area contributed by atoms with Crippen molar-refractivity contribution in [2.45, 2.75) is 50.6 Å². The number of aromatic nitrogens is 1. The summed E-state index contributed by atoms with van der Waals surface area (Å²) in [5.74, 6) is -0.153. The van der Waals surface area contributed by atoms with E-state index in [-0.39, 0.29) is 11.4 Å². The first-order valence-corrected chi connectivity index (χ1v) is 12.8. The van der Waals surface area contributed by atoms with Crippen LogP contribution in [0.1, 0.15) is 65.5 Å². The van der Waals surface area contributed by atoms with Crippen molar-refractivity contribution in [2.75, 3.05) is 42.9 Å². The van der Waals surface area contributed by atoms with Gasteiger partial charge in [-0.25, -0.2) is 4.98 Å². The lowest BCUT2D eigenvalue weighted by molar-refractivity contribution is -0.137. The monoisotopic (exact) mass is 492 g/mol. The minimum absolute atomic E-state index is 0.184. The number of carbonyl (C=O) groups excluding carboxylic acids is 1. The molecule has 2 saturated heterocycles. The summed E-state index contributed by atoms with van der Waals surface area (Å²) in [7, 11) is 0. The Morgan fingerprint density at radius 3 is 2.62 bits per heavy atom. The molecule has 0 atom stereocenters. The highest BCUT2D eigenvalue weighted by atomic mass is 32.1. The lowest BCUT2D eigenvalue weighted by Gasteiger charge is -2.30. The molecule has 3 heterocycles. The molecule has 1 amide bonds. The summed E-state index contributed by atoms with van der Waals surface area (Å²) < 4.78 is 39.9. The number of nitrogens with zero attached hydrogens (tertiary/aromatic N) is 3. The van der Waals surface area contributed by atoms with Gasteiger partial charge in [-0.15, -0.1) is 17.9 Å². The average Bonchev–Trinajstić information content (AvgIpc) is 3.52. The van der Waals surface area contributed by atoms with Crippen LogP contribution in [0.15, 0.2) is 36.2 Å². The number of piperidine rings is 1. The molecule has 1 aromatic carbocycles. The fraction of sp³-hybridized carbons (Fsp3) is 0.520. The van der Waals surface area contributed by atoms with Gasteiger partial charge in [0.15, 0.2) is 0 Å². The van der Waals surface area contributed by atoms with E-state index in [0.29, 0.717) is 11.6 Å². The zero-order valence-electron chi connectivity index (χ0n) is 19.2. The van der Waals surface area contributed by atoms with E-state index in [1.165, 1.54) is 17.4 Å². The van der Waals surface area contributed by atoms with E-state index >= 15 is 0 Å². The van der Waals surface area contributed by atoms with Gasteiger partial charge in [-0.2, -0.15) is 13.2 Å². The van der Waals surface area contributed by atoms with Crippen molar-refractivity contribution in [3.8, 4) is 0 Å². The van der Waals surface area contributed by atoms with Crippen LogP contribution in [0, 0.1) is 0 Å². The summed E-state index contributed by atoms with van der Waals surface area (Å²) in [6.07, 6.45) is 3.57. The first-order valence-electron chi connectivity index (χ1n) is 11.9. The van der Waals surface area contributed by atoms with Crippen LogP contribution in [0.3, 0.4) is 0 Å². The summed E-state index contributed by atoms with van der Waals surface area (Å²) in [6.45, 7) is 8.38. The highest BCUT2D eigenvalue weighted by Crippen LogP contribution is 2.37. The minimum Gasteiger partial charge on any atom is -0.370 e. The van der Waals surface area contributed by atoms with Gasteiger partial charge < -0.3 is 15.1 Å². The van der Waals surface area contributed by atoms with Crippen molar-refractivity contribution >= 4 is 28.6 Å². The quantitative estimate of drug-likeness (QED) is 0.354. The molecular formula is C25H31F3N4OS. The largest absolute Gasteiger partial charge is 0.416 e. The molecule has 4 rings (SSSR count). The number of alkyl halides is 3. The van der Waals surface area contributed by atoms with Crippen molar-refractivity contribution < 1.29 is 18.0 Å². The van der Waals surface area contributed by atoms with Gasteiger partial charge in [-0.1, -0.05) is 6.08 Å². The van der Waals surface area contributed by atoms with Crippen molar-refractivity contribution in [3.63, 3.8) is 0 Å². The molecule has 1 N–H and O–H groups in total. The summed E-state index contributed by atoms with van der Waals surface area (Å²) in [6, 6.07) is 3.56. The Morgan fingerprint density at radius 1 is 1.21 bits per heavy atom. The lowest BCUT2D eigenvalue weighted by atomic mass is 9.97. The second-order valence-corrected chi connectivity index (χ2v) is 9.89. The predicted molar refractivity (Wildman–Crippen MR) is 131 cm³/mol. The molecule has 0 saturated carbocycles. The van der Waals surface area contributed by atoms with E-state index < -0.39 is 17.6 Å².